The molecule has 1 atom stereocenters. The first kappa shape index (κ1) is 31.6. The van der Waals surface area contributed by atoms with Gasteiger partial charge in [-0.2, -0.15) is 18.4 Å². The summed E-state index contributed by atoms with van der Waals surface area (Å²) in [5.41, 5.74) is 0.00193. The minimum absolute atomic E-state index is 0.108. The van der Waals surface area contributed by atoms with E-state index >= 15 is 0 Å². The van der Waals surface area contributed by atoms with Crippen molar-refractivity contribution in [3.05, 3.63) is 75.8 Å². The van der Waals surface area contributed by atoms with Crippen molar-refractivity contribution in [1.29, 1.82) is 5.26 Å². The third-order valence-corrected chi connectivity index (χ3v) is 7.49. The quantitative estimate of drug-likeness (QED) is 0.147. The number of alkyl halides is 3. The van der Waals surface area contributed by atoms with Crippen LogP contribution in [0.25, 0.3) is 17.0 Å². The smallest absolute Gasteiger partial charge is 0.416 e. The fourth-order valence-corrected chi connectivity index (χ4v) is 5.28. The van der Waals surface area contributed by atoms with Crippen LogP contribution in [0.5, 0.6) is 11.5 Å². The Bertz CT molecular complexity index is 1790. The number of hydrogen-bond acceptors (Lipinski definition) is 8. The van der Waals surface area contributed by atoms with Gasteiger partial charge in [0.2, 0.25) is 11.1 Å². The van der Waals surface area contributed by atoms with Gasteiger partial charge in [0.25, 0.3) is 0 Å². The number of benzene rings is 3. The highest BCUT2D eigenvalue weighted by Gasteiger charge is 2.30. The van der Waals surface area contributed by atoms with E-state index in [4.69, 9.17) is 37.9 Å². The summed E-state index contributed by atoms with van der Waals surface area (Å²) in [5.74, 6) is -0.726. The predicted molar refractivity (Wildman–Crippen MR) is 158 cm³/mol. The molecule has 0 aliphatic rings. The average molecular weight is 650 g/mol. The van der Waals surface area contributed by atoms with Gasteiger partial charge in [-0.25, -0.2) is 9.97 Å². The minimum atomic E-state index is -4.60. The number of fused-ring (bicyclic) bond motifs is 1. The number of allylic oxidation sites excluding steroid dienone is 1. The third-order valence-electron chi connectivity index (χ3n) is 5.78. The number of anilines is 3. The van der Waals surface area contributed by atoms with Gasteiger partial charge in [-0.15, -0.1) is 0 Å². The first-order valence-corrected chi connectivity index (χ1v) is 14.1. The Hall–Kier alpha value is -4.38. The zero-order valence-electron chi connectivity index (χ0n) is 22.3. The van der Waals surface area contributed by atoms with E-state index in [0.29, 0.717) is 22.4 Å². The number of amides is 1. The largest absolute Gasteiger partial charge is 0.493 e. The van der Waals surface area contributed by atoms with Gasteiger partial charge in [-0.05, 0) is 48.0 Å². The normalized spacial score (nSPS) is 12.1. The molecule has 0 aliphatic carbocycles. The number of carbonyl (C=O) groups excluding carboxylic acids is 1. The lowest BCUT2D eigenvalue weighted by Gasteiger charge is -2.15. The van der Waals surface area contributed by atoms with Crippen molar-refractivity contribution in [2.24, 2.45) is 0 Å². The van der Waals surface area contributed by atoms with E-state index in [2.05, 4.69) is 20.6 Å². The second-order valence-electron chi connectivity index (χ2n) is 8.64. The Balaban J connectivity index is 1.71. The maximum atomic E-state index is 13.3. The fraction of sp³-hybridized carbons (Fsp3) is 0.143. The SMILES string of the molecule is COc1cc2nc(S(=O)CC(=O)Nc3cccc(C(F)(F)F)c3)nc(Nc3c(Cl)cc(/C=C/C#N)cc3Cl)c2cc1OC. The summed E-state index contributed by atoms with van der Waals surface area (Å²) in [6.45, 7) is 0. The molecule has 0 radical (unpaired) electrons. The monoisotopic (exact) mass is 649 g/mol. The summed E-state index contributed by atoms with van der Waals surface area (Å²) >= 11 is 12.9. The van der Waals surface area contributed by atoms with Crippen LogP contribution >= 0.6 is 23.2 Å². The van der Waals surface area contributed by atoms with Crippen LogP contribution in [-0.4, -0.2) is 40.1 Å². The van der Waals surface area contributed by atoms with Crippen LogP contribution in [0.4, 0.5) is 30.4 Å². The van der Waals surface area contributed by atoms with E-state index < -0.39 is 34.2 Å². The van der Waals surface area contributed by atoms with Gasteiger partial charge in [-0.1, -0.05) is 29.3 Å². The van der Waals surface area contributed by atoms with E-state index in [1.165, 1.54) is 38.5 Å². The van der Waals surface area contributed by atoms with E-state index in [1.54, 1.807) is 18.2 Å². The van der Waals surface area contributed by atoms with Crippen LogP contribution in [0.1, 0.15) is 11.1 Å². The molecule has 0 spiro atoms. The van der Waals surface area contributed by atoms with E-state index in [0.717, 1.165) is 18.2 Å². The number of hydrogen-bond donors (Lipinski definition) is 2. The van der Waals surface area contributed by atoms with Gasteiger partial charge >= 0.3 is 6.18 Å². The maximum absolute atomic E-state index is 13.3. The van der Waals surface area contributed by atoms with Crippen molar-refractivity contribution < 1.29 is 31.6 Å². The summed E-state index contributed by atoms with van der Waals surface area (Å²) in [4.78, 5) is 21.3. The third kappa shape index (κ3) is 7.53. The lowest BCUT2D eigenvalue weighted by molar-refractivity contribution is -0.137. The van der Waals surface area contributed by atoms with Gasteiger partial charge in [-0.3, -0.25) is 9.00 Å². The standard InChI is InChI=1S/C28H20Cl2F3N5O4S/c1-41-22-12-18-21(13-23(22)42-2)36-27(38-26(18)37-25-19(29)9-15(5-4-8-34)10-20(25)30)43(40)14-24(39)35-17-7-3-6-16(11-17)28(31,32)33/h3-7,9-13H,14H2,1-2H3,(H,35,39)(H,36,37,38)/b5-4+. The molecule has 1 amide bonds. The first-order chi connectivity index (χ1) is 20.4. The second-order valence-corrected chi connectivity index (χ2v) is 10.8. The molecule has 1 aromatic heterocycles. The zero-order valence-corrected chi connectivity index (χ0v) is 24.6. The molecule has 4 aromatic rings. The molecule has 0 bridgehead atoms. The highest BCUT2D eigenvalue weighted by molar-refractivity contribution is 7.85. The number of nitriles is 1. The number of methoxy groups -OCH3 is 2. The molecule has 0 saturated heterocycles. The first-order valence-electron chi connectivity index (χ1n) is 12.0. The van der Waals surface area contributed by atoms with E-state index in [-0.39, 0.29) is 37.9 Å². The molecule has 1 unspecified atom stereocenters. The predicted octanol–water partition coefficient (Wildman–Crippen LogP) is 7.00. The van der Waals surface area contributed by atoms with Crippen LogP contribution < -0.4 is 20.1 Å². The molecule has 3 aromatic carbocycles. The summed E-state index contributed by atoms with van der Waals surface area (Å²) in [7, 11) is 0.713. The molecule has 0 fully saturated rings. The van der Waals surface area contributed by atoms with Crippen molar-refractivity contribution in [3.8, 4) is 17.6 Å². The molecule has 0 aliphatic heterocycles. The van der Waals surface area contributed by atoms with Gasteiger partial charge in [0.1, 0.15) is 22.4 Å². The number of nitrogens with one attached hydrogen (secondary N) is 2. The summed E-state index contributed by atoms with van der Waals surface area (Å²) in [5, 5.41) is 14.6. The topological polar surface area (TPSA) is 126 Å². The molecule has 4 rings (SSSR count). The fourth-order valence-electron chi connectivity index (χ4n) is 3.85. The van der Waals surface area contributed by atoms with E-state index in [9.17, 15) is 22.2 Å². The summed E-state index contributed by atoms with van der Waals surface area (Å²) < 4.78 is 63.1. The summed E-state index contributed by atoms with van der Waals surface area (Å²) in [6.07, 6.45) is -1.82. The molecular weight excluding hydrogens is 630 g/mol. The van der Waals surface area contributed by atoms with Crippen LogP contribution in [0, 0.1) is 11.3 Å². The van der Waals surface area contributed by atoms with Crippen molar-refractivity contribution in [1.82, 2.24) is 9.97 Å². The number of halogens is 5. The number of nitrogens with zero attached hydrogens (tertiary/aromatic N) is 3. The van der Waals surface area contributed by atoms with Crippen molar-refractivity contribution in [3.63, 3.8) is 0 Å². The second kappa shape index (κ2) is 13.3. The number of rotatable bonds is 9. The zero-order chi connectivity index (χ0) is 31.3. The maximum Gasteiger partial charge on any atom is 0.416 e. The van der Waals surface area contributed by atoms with Gasteiger partial charge in [0.15, 0.2) is 11.5 Å². The average Bonchev–Trinajstić information content (AvgIpc) is 2.96. The Morgan fingerprint density at radius 2 is 1.74 bits per heavy atom. The van der Waals surface area contributed by atoms with Crippen molar-refractivity contribution >= 4 is 74.1 Å². The Morgan fingerprint density at radius 3 is 2.37 bits per heavy atom. The molecule has 222 valence electrons. The number of aromatic nitrogens is 2. The highest BCUT2D eigenvalue weighted by atomic mass is 35.5. The van der Waals surface area contributed by atoms with Gasteiger partial charge in [0.05, 0.1) is 47.1 Å². The Kier molecular flexibility index (Phi) is 9.75. The van der Waals surface area contributed by atoms with E-state index in [1.807, 2.05) is 6.07 Å². The van der Waals surface area contributed by atoms with Gasteiger partial charge < -0.3 is 20.1 Å². The summed E-state index contributed by atoms with van der Waals surface area (Å²) in [6, 6.07) is 12.2. The van der Waals surface area contributed by atoms with Crippen molar-refractivity contribution in [2.75, 3.05) is 30.6 Å². The van der Waals surface area contributed by atoms with Gasteiger partial charge in [0, 0.05) is 23.2 Å². The van der Waals surface area contributed by atoms with Crippen molar-refractivity contribution in [2.45, 2.75) is 11.3 Å². The minimum Gasteiger partial charge on any atom is -0.493 e. The van der Waals surface area contributed by atoms with Crippen LogP contribution in [0.2, 0.25) is 10.0 Å². The Morgan fingerprint density at radius 1 is 1.07 bits per heavy atom. The lowest BCUT2D eigenvalue weighted by Crippen LogP contribution is -2.21. The van der Waals surface area contributed by atoms with Crippen LogP contribution in [0.15, 0.2) is 59.8 Å². The molecule has 9 nitrogen and oxygen atoms in total. The molecule has 2 N–H and O–H groups in total. The highest BCUT2D eigenvalue weighted by Crippen LogP contribution is 2.39. The molecule has 15 heteroatoms. The molecule has 0 saturated carbocycles. The van der Waals surface area contributed by atoms with Crippen LogP contribution in [-0.2, 0) is 21.8 Å². The number of carbonyl (C=O) groups is 1. The molecule has 1 heterocycles. The number of ether oxygens (including phenoxy) is 2. The Labute approximate surface area is 255 Å². The lowest BCUT2D eigenvalue weighted by atomic mass is 10.1. The van der Waals surface area contributed by atoms with Crippen LogP contribution in [0.3, 0.4) is 0 Å². The molecular formula is C28H20Cl2F3N5O4S. The molecule has 43 heavy (non-hydrogen) atoms.